The van der Waals surface area contributed by atoms with Gasteiger partial charge in [-0.15, -0.1) is 0 Å². The zero-order chi connectivity index (χ0) is 14.6. The van der Waals surface area contributed by atoms with Crippen molar-refractivity contribution >= 4 is 17.3 Å². The summed E-state index contributed by atoms with van der Waals surface area (Å²) in [4.78, 5) is 20.9. The van der Waals surface area contributed by atoms with Gasteiger partial charge < -0.3 is 10.4 Å². The fraction of sp³-hybridized carbons (Fsp3) is 0.417. The van der Waals surface area contributed by atoms with E-state index >= 15 is 0 Å². The maximum atomic E-state index is 13.2. The van der Waals surface area contributed by atoms with Gasteiger partial charge in [-0.1, -0.05) is 13.8 Å². The lowest BCUT2D eigenvalue weighted by atomic mass is 9.96. The van der Waals surface area contributed by atoms with Crippen LogP contribution in [0.2, 0.25) is 0 Å². The molecule has 0 fully saturated rings. The molecular formula is C12H15FN2O4. The van der Waals surface area contributed by atoms with E-state index in [1.165, 1.54) is 6.07 Å². The van der Waals surface area contributed by atoms with Crippen molar-refractivity contribution in [3.8, 4) is 0 Å². The second-order valence-corrected chi connectivity index (χ2v) is 4.52. The minimum atomic E-state index is -0.964. The second-order valence-electron chi connectivity index (χ2n) is 4.52. The number of benzene rings is 1. The second kappa shape index (κ2) is 6.12. The highest BCUT2D eigenvalue weighted by molar-refractivity contribution is 5.71. The molecule has 0 bridgehead atoms. The van der Waals surface area contributed by atoms with Crippen LogP contribution in [0.1, 0.15) is 13.8 Å². The number of halogens is 1. The number of aliphatic carboxylic acids is 1. The van der Waals surface area contributed by atoms with E-state index in [0.29, 0.717) is 0 Å². The summed E-state index contributed by atoms with van der Waals surface area (Å²) in [5.41, 5.74) is -0.183. The quantitative estimate of drug-likeness (QED) is 0.612. The van der Waals surface area contributed by atoms with Gasteiger partial charge in [-0.2, -0.15) is 0 Å². The molecule has 2 N–H and O–H groups in total. The van der Waals surface area contributed by atoms with Crippen molar-refractivity contribution in [3.63, 3.8) is 0 Å². The summed E-state index contributed by atoms with van der Waals surface area (Å²) in [5, 5.41) is 22.3. The Labute approximate surface area is 109 Å². The van der Waals surface area contributed by atoms with Gasteiger partial charge in [-0.05, 0) is 12.0 Å². The number of carboxylic acids is 1. The van der Waals surface area contributed by atoms with Gasteiger partial charge in [0, 0.05) is 18.3 Å². The molecule has 104 valence electrons. The van der Waals surface area contributed by atoms with E-state index in [-0.39, 0.29) is 23.8 Å². The van der Waals surface area contributed by atoms with Crippen LogP contribution in [0.4, 0.5) is 15.8 Å². The molecule has 6 nitrogen and oxygen atoms in total. The molecule has 0 aliphatic rings. The highest BCUT2D eigenvalue weighted by Crippen LogP contribution is 2.21. The Hall–Kier alpha value is -2.18. The number of rotatable bonds is 6. The number of carbonyl (C=O) groups is 1. The van der Waals surface area contributed by atoms with E-state index in [0.717, 1.165) is 12.1 Å². The summed E-state index contributed by atoms with van der Waals surface area (Å²) in [7, 11) is 0. The number of hydrogen-bond acceptors (Lipinski definition) is 4. The number of non-ortho nitro benzene ring substituents is 1. The molecule has 1 aromatic carbocycles. The van der Waals surface area contributed by atoms with E-state index in [4.69, 9.17) is 5.11 Å². The van der Waals surface area contributed by atoms with Gasteiger partial charge in [0.25, 0.3) is 5.69 Å². The van der Waals surface area contributed by atoms with Crippen LogP contribution in [0.5, 0.6) is 0 Å². The third-order valence-corrected chi connectivity index (χ3v) is 2.74. The minimum Gasteiger partial charge on any atom is -0.481 e. The number of nitro groups is 1. The van der Waals surface area contributed by atoms with E-state index in [9.17, 15) is 19.3 Å². The molecule has 0 radical (unpaired) electrons. The fourth-order valence-electron chi connectivity index (χ4n) is 1.62. The molecule has 0 aliphatic carbocycles. The number of carboxylic acid groups (broad SMARTS) is 1. The van der Waals surface area contributed by atoms with E-state index in [1.807, 2.05) is 0 Å². The molecule has 0 saturated heterocycles. The van der Waals surface area contributed by atoms with E-state index < -0.39 is 22.6 Å². The molecule has 0 heterocycles. The first kappa shape index (κ1) is 14.9. The Morgan fingerprint density at radius 2 is 2.11 bits per heavy atom. The van der Waals surface area contributed by atoms with Crippen molar-refractivity contribution in [2.45, 2.75) is 13.8 Å². The predicted octanol–water partition coefficient (Wildman–Crippen LogP) is 2.50. The van der Waals surface area contributed by atoms with Crippen LogP contribution in [-0.2, 0) is 4.79 Å². The van der Waals surface area contributed by atoms with Gasteiger partial charge in [-0.25, -0.2) is 4.39 Å². The number of nitro benzene ring substituents is 1. The normalized spacial score (nSPS) is 12.2. The fourth-order valence-corrected chi connectivity index (χ4v) is 1.62. The Morgan fingerprint density at radius 1 is 1.47 bits per heavy atom. The van der Waals surface area contributed by atoms with Crippen LogP contribution >= 0.6 is 0 Å². The summed E-state index contributed by atoms with van der Waals surface area (Å²) in [6.45, 7) is 3.59. The lowest BCUT2D eigenvalue weighted by Gasteiger charge is -2.17. The molecule has 1 atom stereocenters. The summed E-state index contributed by atoms with van der Waals surface area (Å²) in [6, 6.07) is 3.07. The van der Waals surface area contributed by atoms with Gasteiger partial charge >= 0.3 is 5.97 Å². The highest BCUT2D eigenvalue weighted by Gasteiger charge is 2.21. The minimum absolute atomic E-state index is 0.0770. The van der Waals surface area contributed by atoms with Gasteiger partial charge in [0.05, 0.1) is 16.9 Å². The van der Waals surface area contributed by atoms with Crippen LogP contribution in [0.15, 0.2) is 18.2 Å². The molecule has 0 aliphatic heterocycles. The van der Waals surface area contributed by atoms with E-state index in [1.54, 1.807) is 13.8 Å². The van der Waals surface area contributed by atoms with Crippen LogP contribution in [0, 0.1) is 27.8 Å². The van der Waals surface area contributed by atoms with Crippen molar-refractivity contribution in [2.24, 2.45) is 11.8 Å². The number of hydrogen-bond donors (Lipinski definition) is 2. The topological polar surface area (TPSA) is 92.5 Å². The maximum Gasteiger partial charge on any atom is 0.308 e. The van der Waals surface area contributed by atoms with Crippen molar-refractivity contribution in [1.82, 2.24) is 0 Å². The standard InChI is InChI=1S/C12H15FN2O4/c1-7(2)11(12(16)17)6-14-9-3-8(13)4-10(5-9)15(18)19/h3-5,7,11,14H,6H2,1-2H3,(H,16,17). The number of nitrogens with zero attached hydrogens (tertiary/aromatic N) is 1. The first-order valence-electron chi connectivity index (χ1n) is 5.73. The molecule has 1 aromatic rings. The van der Waals surface area contributed by atoms with Gasteiger partial charge in [-0.3, -0.25) is 14.9 Å². The van der Waals surface area contributed by atoms with Gasteiger partial charge in [0.2, 0.25) is 0 Å². The van der Waals surface area contributed by atoms with Crippen molar-refractivity contribution in [3.05, 3.63) is 34.1 Å². The van der Waals surface area contributed by atoms with Gasteiger partial charge in [0.1, 0.15) is 5.82 Å². The Bertz CT molecular complexity index is 491. The van der Waals surface area contributed by atoms with Crippen LogP contribution in [0.3, 0.4) is 0 Å². The molecular weight excluding hydrogens is 255 g/mol. The first-order valence-corrected chi connectivity index (χ1v) is 5.73. The smallest absolute Gasteiger partial charge is 0.308 e. The Kier molecular flexibility index (Phi) is 4.80. The molecule has 7 heteroatoms. The molecule has 1 unspecified atom stereocenters. The summed E-state index contributed by atoms with van der Waals surface area (Å²) in [5.74, 6) is -2.46. The number of anilines is 1. The average molecular weight is 270 g/mol. The van der Waals surface area contributed by atoms with Crippen molar-refractivity contribution < 1.29 is 19.2 Å². The SMILES string of the molecule is CC(C)C(CNc1cc(F)cc([N+](=O)[O-])c1)C(=O)O. The van der Waals surface area contributed by atoms with Crippen LogP contribution in [-0.4, -0.2) is 22.5 Å². The van der Waals surface area contributed by atoms with E-state index in [2.05, 4.69) is 5.32 Å². The summed E-state index contributed by atoms with van der Waals surface area (Å²) in [6.07, 6.45) is 0. The number of nitrogens with one attached hydrogen (secondary N) is 1. The lowest BCUT2D eigenvalue weighted by Crippen LogP contribution is -2.27. The summed E-state index contributed by atoms with van der Waals surface area (Å²) >= 11 is 0. The zero-order valence-electron chi connectivity index (χ0n) is 10.6. The van der Waals surface area contributed by atoms with Crippen molar-refractivity contribution in [1.29, 1.82) is 0 Å². The van der Waals surface area contributed by atoms with Gasteiger partial charge in [0.15, 0.2) is 0 Å². The average Bonchev–Trinajstić information content (AvgIpc) is 2.27. The third-order valence-electron chi connectivity index (χ3n) is 2.74. The summed E-state index contributed by atoms with van der Waals surface area (Å²) < 4.78 is 13.2. The highest BCUT2D eigenvalue weighted by atomic mass is 19.1. The van der Waals surface area contributed by atoms with Crippen molar-refractivity contribution in [2.75, 3.05) is 11.9 Å². The Balaban J connectivity index is 2.82. The molecule has 19 heavy (non-hydrogen) atoms. The molecule has 0 saturated carbocycles. The molecule has 0 amide bonds. The lowest BCUT2D eigenvalue weighted by molar-refractivity contribution is -0.385. The molecule has 0 aromatic heterocycles. The molecule has 1 rings (SSSR count). The third kappa shape index (κ3) is 4.20. The molecule has 0 spiro atoms. The largest absolute Gasteiger partial charge is 0.481 e. The maximum absolute atomic E-state index is 13.2. The Morgan fingerprint density at radius 3 is 2.58 bits per heavy atom. The first-order chi connectivity index (χ1) is 8.81. The monoisotopic (exact) mass is 270 g/mol. The van der Waals surface area contributed by atoms with Crippen LogP contribution < -0.4 is 5.32 Å². The van der Waals surface area contributed by atoms with Crippen LogP contribution in [0.25, 0.3) is 0 Å². The zero-order valence-corrected chi connectivity index (χ0v) is 10.6. The predicted molar refractivity (Wildman–Crippen MR) is 67.5 cm³/mol.